The third-order valence-corrected chi connectivity index (χ3v) is 2.69. The second kappa shape index (κ2) is 7.84. The van der Waals surface area contributed by atoms with Gasteiger partial charge in [-0.25, -0.2) is 4.79 Å². The first-order valence-electron chi connectivity index (χ1n) is 5.44. The maximum absolute atomic E-state index is 11.6. The second-order valence-corrected chi connectivity index (χ2v) is 4.32. The molecule has 0 saturated heterocycles. The highest BCUT2D eigenvalue weighted by molar-refractivity contribution is 9.09. The van der Waals surface area contributed by atoms with Gasteiger partial charge in [-0.2, -0.15) is 0 Å². The summed E-state index contributed by atoms with van der Waals surface area (Å²) < 4.78 is 0. The summed E-state index contributed by atoms with van der Waals surface area (Å²) in [5.41, 5.74) is 0.803. The Morgan fingerprint density at radius 3 is 2.50 bits per heavy atom. The molecule has 2 amide bonds. The molecule has 1 aromatic rings. The molecule has 0 heterocycles. The van der Waals surface area contributed by atoms with Crippen LogP contribution in [-0.2, 0) is 16.2 Å². The number of benzene rings is 1. The largest absolute Gasteiger partial charge is 0.463 e. The molecule has 0 saturated carbocycles. The molecule has 1 N–H and O–H groups in total. The van der Waals surface area contributed by atoms with Gasteiger partial charge in [0.2, 0.25) is 0 Å². The third kappa shape index (κ3) is 4.85. The summed E-state index contributed by atoms with van der Waals surface area (Å²) in [7, 11) is 0. The van der Waals surface area contributed by atoms with Crippen LogP contribution in [0.5, 0.6) is 0 Å². The molecule has 0 aromatic heterocycles. The van der Waals surface area contributed by atoms with E-state index in [1.54, 1.807) is 12.1 Å². The Morgan fingerprint density at radius 1 is 1.28 bits per heavy atom. The fourth-order valence-corrected chi connectivity index (χ4v) is 1.55. The average Bonchev–Trinajstić information content (AvgIpc) is 2.37. The molecule has 0 unspecified atom stereocenters. The summed E-state index contributed by atoms with van der Waals surface area (Å²) in [6.07, 6.45) is -0.700. The molecule has 98 valence electrons. The summed E-state index contributed by atoms with van der Waals surface area (Å²) in [6.45, 7) is 0.0488. The van der Waals surface area contributed by atoms with E-state index in [0.29, 0.717) is 16.8 Å². The molecule has 0 aliphatic carbocycles. The number of hydrogen-bond donors (Lipinski definition) is 1. The molecule has 5 nitrogen and oxygen atoms in total. The number of carbonyl (C=O) groups excluding carboxylic acids is 1. The Hall–Kier alpha value is -1.40. The molecular formula is C12H14BrNO4. The van der Waals surface area contributed by atoms with E-state index < -0.39 is 12.0 Å². The number of rotatable bonds is 6. The van der Waals surface area contributed by atoms with Crippen molar-refractivity contribution >= 4 is 27.9 Å². The maximum atomic E-state index is 11.6. The van der Waals surface area contributed by atoms with E-state index in [4.69, 9.17) is 9.94 Å². The standard InChI is InChI=1S/C12H14BrNO4/c13-8-4-7-11(15)14(12(16)17)18-9-10-5-2-1-3-6-10/h1-3,5-6H,4,7-9H2,(H,16,17). The van der Waals surface area contributed by atoms with Crippen molar-refractivity contribution < 1.29 is 19.5 Å². The molecular weight excluding hydrogens is 302 g/mol. The van der Waals surface area contributed by atoms with Crippen molar-refractivity contribution in [1.82, 2.24) is 5.06 Å². The van der Waals surface area contributed by atoms with Gasteiger partial charge in [-0.15, -0.1) is 5.06 Å². The van der Waals surface area contributed by atoms with Crippen LogP contribution in [0.25, 0.3) is 0 Å². The minimum absolute atomic E-state index is 0.0488. The topological polar surface area (TPSA) is 66.8 Å². The monoisotopic (exact) mass is 315 g/mol. The van der Waals surface area contributed by atoms with Gasteiger partial charge in [-0.05, 0) is 12.0 Å². The highest BCUT2D eigenvalue weighted by Gasteiger charge is 2.21. The lowest BCUT2D eigenvalue weighted by atomic mass is 10.2. The number of hydrogen-bond acceptors (Lipinski definition) is 3. The van der Waals surface area contributed by atoms with Gasteiger partial charge in [0.25, 0.3) is 5.91 Å². The van der Waals surface area contributed by atoms with Gasteiger partial charge in [-0.3, -0.25) is 9.63 Å². The lowest BCUT2D eigenvalue weighted by molar-refractivity contribution is -0.176. The zero-order chi connectivity index (χ0) is 13.4. The van der Waals surface area contributed by atoms with Gasteiger partial charge >= 0.3 is 6.09 Å². The van der Waals surface area contributed by atoms with Crippen LogP contribution in [0.1, 0.15) is 18.4 Å². The second-order valence-electron chi connectivity index (χ2n) is 3.52. The summed E-state index contributed by atoms with van der Waals surface area (Å²) in [6, 6.07) is 9.07. The molecule has 0 spiro atoms. The van der Waals surface area contributed by atoms with Crippen LogP contribution in [-0.4, -0.2) is 27.5 Å². The number of halogens is 1. The number of amides is 2. The molecule has 6 heteroatoms. The number of alkyl halides is 1. The number of imide groups is 1. The minimum Gasteiger partial charge on any atom is -0.463 e. The zero-order valence-corrected chi connectivity index (χ0v) is 11.3. The van der Waals surface area contributed by atoms with Crippen LogP contribution in [0.2, 0.25) is 0 Å². The van der Waals surface area contributed by atoms with Crippen molar-refractivity contribution in [2.24, 2.45) is 0 Å². The fraction of sp³-hybridized carbons (Fsp3) is 0.333. The van der Waals surface area contributed by atoms with Crippen molar-refractivity contribution in [3.63, 3.8) is 0 Å². The fourth-order valence-electron chi connectivity index (χ4n) is 1.27. The third-order valence-electron chi connectivity index (χ3n) is 2.13. The van der Waals surface area contributed by atoms with Gasteiger partial charge < -0.3 is 5.11 Å². The normalized spacial score (nSPS) is 10.1. The highest BCUT2D eigenvalue weighted by Crippen LogP contribution is 2.06. The lowest BCUT2D eigenvalue weighted by Crippen LogP contribution is -2.35. The zero-order valence-electron chi connectivity index (χ0n) is 9.71. The smallest absolute Gasteiger partial charge is 0.439 e. The Morgan fingerprint density at radius 2 is 1.94 bits per heavy atom. The highest BCUT2D eigenvalue weighted by atomic mass is 79.9. The molecule has 0 aliphatic heterocycles. The molecule has 0 radical (unpaired) electrons. The van der Waals surface area contributed by atoms with Gasteiger partial charge in [0, 0.05) is 11.8 Å². The molecule has 0 bridgehead atoms. The number of carbonyl (C=O) groups is 2. The number of hydroxylamine groups is 2. The Balaban J connectivity index is 2.53. The van der Waals surface area contributed by atoms with Crippen molar-refractivity contribution in [3.8, 4) is 0 Å². The molecule has 18 heavy (non-hydrogen) atoms. The molecule has 0 aliphatic rings. The van der Waals surface area contributed by atoms with Crippen molar-refractivity contribution in [1.29, 1.82) is 0 Å². The SMILES string of the molecule is O=C(O)N(OCc1ccccc1)C(=O)CCCBr. The van der Waals surface area contributed by atoms with E-state index in [1.165, 1.54) is 0 Å². The van der Waals surface area contributed by atoms with E-state index in [9.17, 15) is 9.59 Å². The summed E-state index contributed by atoms with van der Waals surface area (Å²) in [4.78, 5) is 27.5. The van der Waals surface area contributed by atoms with Gasteiger partial charge in [0.05, 0.1) is 0 Å². The van der Waals surface area contributed by atoms with Crippen molar-refractivity contribution in [2.45, 2.75) is 19.4 Å². The van der Waals surface area contributed by atoms with Gasteiger partial charge in [0.1, 0.15) is 6.61 Å². The first-order valence-corrected chi connectivity index (χ1v) is 6.56. The Kier molecular flexibility index (Phi) is 6.38. The Bertz CT molecular complexity index is 396. The van der Waals surface area contributed by atoms with E-state index in [2.05, 4.69) is 15.9 Å². The predicted molar refractivity (Wildman–Crippen MR) is 69.1 cm³/mol. The number of carboxylic acid groups (broad SMARTS) is 1. The maximum Gasteiger partial charge on any atom is 0.439 e. The lowest BCUT2D eigenvalue weighted by Gasteiger charge is -2.16. The first kappa shape index (κ1) is 14.7. The predicted octanol–water partition coefficient (Wildman–Crippen LogP) is 2.80. The Labute approximate surface area is 113 Å². The van der Waals surface area contributed by atoms with Crippen LogP contribution in [0, 0.1) is 0 Å². The van der Waals surface area contributed by atoms with Crippen molar-refractivity contribution in [2.75, 3.05) is 5.33 Å². The van der Waals surface area contributed by atoms with Gasteiger partial charge in [0.15, 0.2) is 0 Å². The minimum atomic E-state index is -1.40. The van der Waals surface area contributed by atoms with Crippen molar-refractivity contribution in [3.05, 3.63) is 35.9 Å². The molecule has 0 fully saturated rings. The van der Waals surface area contributed by atoms with Crippen LogP contribution < -0.4 is 0 Å². The summed E-state index contributed by atoms with van der Waals surface area (Å²) >= 11 is 3.18. The quantitative estimate of drug-likeness (QED) is 0.647. The van der Waals surface area contributed by atoms with Crippen LogP contribution in [0.4, 0.5) is 4.79 Å². The van der Waals surface area contributed by atoms with E-state index in [1.807, 2.05) is 18.2 Å². The molecule has 1 rings (SSSR count). The van der Waals surface area contributed by atoms with Crippen LogP contribution >= 0.6 is 15.9 Å². The van der Waals surface area contributed by atoms with Crippen LogP contribution in [0.3, 0.4) is 0 Å². The van der Waals surface area contributed by atoms with Crippen LogP contribution in [0.15, 0.2) is 30.3 Å². The summed E-state index contributed by atoms with van der Waals surface area (Å²) in [5, 5.41) is 9.93. The average molecular weight is 316 g/mol. The van der Waals surface area contributed by atoms with E-state index in [-0.39, 0.29) is 13.0 Å². The molecule has 0 atom stereocenters. The molecule has 1 aromatic carbocycles. The van der Waals surface area contributed by atoms with E-state index in [0.717, 1.165) is 5.56 Å². The number of nitrogens with zero attached hydrogens (tertiary/aromatic N) is 1. The van der Waals surface area contributed by atoms with Gasteiger partial charge in [-0.1, -0.05) is 46.3 Å². The first-order chi connectivity index (χ1) is 8.65. The van der Waals surface area contributed by atoms with E-state index >= 15 is 0 Å². The summed E-state index contributed by atoms with van der Waals surface area (Å²) in [5.74, 6) is -0.558.